The van der Waals surface area contributed by atoms with Crippen molar-refractivity contribution in [3.8, 4) is 0 Å². The summed E-state index contributed by atoms with van der Waals surface area (Å²) in [6.45, 7) is 8.00. The lowest BCUT2D eigenvalue weighted by Gasteiger charge is -2.35. The van der Waals surface area contributed by atoms with Crippen LogP contribution in [0.2, 0.25) is 0 Å². The van der Waals surface area contributed by atoms with Crippen LogP contribution in [0.4, 0.5) is 11.5 Å². The predicted octanol–water partition coefficient (Wildman–Crippen LogP) is 1.68. The molecule has 20 heavy (non-hydrogen) atoms. The number of piperidine rings is 1. The summed E-state index contributed by atoms with van der Waals surface area (Å²) >= 11 is 0. The molecule has 0 aliphatic carbocycles. The van der Waals surface area contributed by atoms with Crippen molar-refractivity contribution < 1.29 is 4.92 Å². The zero-order valence-corrected chi connectivity index (χ0v) is 12.4. The Bertz CT molecular complexity index is 489. The summed E-state index contributed by atoms with van der Waals surface area (Å²) in [5, 5.41) is 15.7. The van der Waals surface area contributed by atoms with E-state index < -0.39 is 0 Å². The molecule has 7 nitrogen and oxygen atoms in total. The topological polar surface area (TPSA) is 90.2 Å². The highest BCUT2D eigenvalue weighted by molar-refractivity contribution is 5.61. The molecule has 0 amide bonds. The molecule has 2 N–H and O–H groups in total. The SMILES string of the molecule is CCCn1nc(C)c([N+](=O)[O-])c1N1CC(C)CC(N)C1. The van der Waals surface area contributed by atoms with Crippen LogP contribution in [0.5, 0.6) is 0 Å². The molecule has 0 radical (unpaired) electrons. The maximum absolute atomic E-state index is 11.4. The highest BCUT2D eigenvalue weighted by Crippen LogP contribution is 2.34. The Kier molecular flexibility index (Phi) is 4.27. The van der Waals surface area contributed by atoms with Gasteiger partial charge in [-0.2, -0.15) is 5.10 Å². The molecule has 1 saturated heterocycles. The van der Waals surface area contributed by atoms with Gasteiger partial charge in [0.05, 0.1) is 4.92 Å². The zero-order valence-electron chi connectivity index (χ0n) is 12.4. The molecule has 2 heterocycles. The first-order valence-corrected chi connectivity index (χ1v) is 7.16. The quantitative estimate of drug-likeness (QED) is 0.670. The zero-order chi connectivity index (χ0) is 14.9. The third-order valence-corrected chi connectivity index (χ3v) is 3.68. The van der Waals surface area contributed by atoms with Crippen molar-refractivity contribution in [1.82, 2.24) is 9.78 Å². The van der Waals surface area contributed by atoms with Gasteiger partial charge in [-0.3, -0.25) is 10.1 Å². The van der Waals surface area contributed by atoms with Gasteiger partial charge in [-0.15, -0.1) is 0 Å². The first kappa shape index (κ1) is 14.8. The molecular formula is C13H23N5O2. The average Bonchev–Trinajstić information content (AvgIpc) is 2.65. The Morgan fingerprint density at radius 1 is 1.50 bits per heavy atom. The van der Waals surface area contributed by atoms with Gasteiger partial charge in [0.2, 0.25) is 5.82 Å². The van der Waals surface area contributed by atoms with Crippen LogP contribution >= 0.6 is 0 Å². The van der Waals surface area contributed by atoms with E-state index in [0.717, 1.165) is 19.4 Å². The summed E-state index contributed by atoms with van der Waals surface area (Å²) in [5.41, 5.74) is 6.67. The van der Waals surface area contributed by atoms with Gasteiger partial charge in [0.1, 0.15) is 5.69 Å². The molecule has 1 aromatic rings. The number of nitrogens with zero attached hydrogens (tertiary/aromatic N) is 4. The number of hydrogen-bond donors (Lipinski definition) is 1. The lowest BCUT2D eigenvalue weighted by atomic mass is 9.96. The van der Waals surface area contributed by atoms with Crippen LogP contribution in [-0.4, -0.2) is 33.8 Å². The van der Waals surface area contributed by atoms with Gasteiger partial charge >= 0.3 is 5.69 Å². The molecule has 2 rings (SSSR count). The van der Waals surface area contributed by atoms with Gasteiger partial charge in [0.25, 0.3) is 0 Å². The summed E-state index contributed by atoms with van der Waals surface area (Å²) < 4.78 is 1.76. The van der Waals surface area contributed by atoms with Crippen LogP contribution < -0.4 is 10.6 Å². The monoisotopic (exact) mass is 281 g/mol. The molecule has 0 aromatic carbocycles. The Labute approximate surface area is 118 Å². The van der Waals surface area contributed by atoms with E-state index in [1.807, 2.05) is 11.8 Å². The Morgan fingerprint density at radius 2 is 2.20 bits per heavy atom. The lowest BCUT2D eigenvalue weighted by molar-refractivity contribution is -0.384. The molecule has 7 heteroatoms. The summed E-state index contributed by atoms with van der Waals surface area (Å²) in [4.78, 5) is 13.1. The van der Waals surface area contributed by atoms with E-state index in [1.54, 1.807) is 11.6 Å². The molecule has 0 bridgehead atoms. The van der Waals surface area contributed by atoms with Crippen molar-refractivity contribution in [2.24, 2.45) is 11.7 Å². The maximum atomic E-state index is 11.4. The van der Waals surface area contributed by atoms with Crippen LogP contribution in [0.3, 0.4) is 0 Å². The van der Waals surface area contributed by atoms with E-state index in [-0.39, 0.29) is 16.7 Å². The number of hydrogen-bond acceptors (Lipinski definition) is 5. The van der Waals surface area contributed by atoms with Gasteiger partial charge in [-0.05, 0) is 25.7 Å². The first-order valence-electron chi connectivity index (χ1n) is 7.16. The minimum atomic E-state index is -0.325. The standard InChI is InChI=1S/C13H23N5O2/c1-4-5-17-13(12(18(19)20)10(3)15-17)16-7-9(2)6-11(14)8-16/h9,11H,4-8,14H2,1-3H3. The summed E-state index contributed by atoms with van der Waals surface area (Å²) in [6.07, 6.45) is 1.85. The van der Waals surface area contributed by atoms with Crippen molar-refractivity contribution in [2.45, 2.75) is 46.2 Å². The fourth-order valence-corrected chi connectivity index (χ4v) is 3.03. The van der Waals surface area contributed by atoms with Gasteiger partial charge < -0.3 is 10.6 Å². The second-order valence-corrected chi connectivity index (χ2v) is 5.74. The van der Waals surface area contributed by atoms with Crippen LogP contribution in [0, 0.1) is 23.0 Å². The number of rotatable bonds is 4. The highest BCUT2D eigenvalue weighted by atomic mass is 16.6. The third-order valence-electron chi connectivity index (χ3n) is 3.68. The smallest absolute Gasteiger partial charge is 0.333 e. The second-order valence-electron chi connectivity index (χ2n) is 5.74. The molecule has 1 fully saturated rings. The molecule has 1 aromatic heterocycles. The van der Waals surface area contributed by atoms with Crippen molar-refractivity contribution in [3.63, 3.8) is 0 Å². The van der Waals surface area contributed by atoms with Crippen molar-refractivity contribution in [3.05, 3.63) is 15.8 Å². The number of aromatic nitrogens is 2. The average molecular weight is 281 g/mol. The van der Waals surface area contributed by atoms with E-state index in [9.17, 15) is 10.1 Å². The fourth-order valence-electron chi connectivity index (χ4n) is 3.03. The van der Waals surface area contributed by atoms with Gasteiger partial charge in [0, 0.05) is 25.7 Å². The van der Waals surface area contributed by atoms with E-state index in [2.05, 4.69) is 12.0 Å². The second kappa shape index (κ2) is 5.78. The van der Waals surface area contributed by atoms with Crippen LogP contribution in [0.15, 0.2) is 0 Å². The normalized spacial score (nSPS) is 23.1. The number of nitro groups is 1. The van der Waals surface area contributed by atoms with Crippen molar-refractivity contribution >= 4 is 11.5 Å². The fraction of sp³-hybridized carbons (Fsp3) is 0.769. The molecule has 1 aliphatic rings. The predicted molar refractivity (Wildman–Crippen MR) is 77.9 cm³/mol. The highest BCUT2D eigenvalue weighted by Gasteiger charge is 2.33. The first-order chi connectivity index (χ1) is 9.43. The summed E-state index contributed by atoms with van der Waals surface area (Å²) in [6, 6.07) is 0.0589. The van der Waals surface area contributed by atoms with E-state index in [4.69, 9.17) is 5.73 Å². The summed E-state index contributed by atoms with van der Waals surface area (Å²) in [7, 11) is 0. The van der Waals surface area contributed by atoms with Crippen LogP contribution in [0.1, 0.15) is 32.4 Å². The minimum Gasteiger partial charge on any atom is -0.349 e. The molecule has 112 valence electrons. The van der Waals surface area contributed by atoms with Crippen LogP contribution in [0.25, 0.3) is 0 Å². The third kappa shape index (κ3) is 2.77. The molecule has 0 saturated carbocycles. The van der Waals surface area contributed by atoms with Gasteiger partial charge in [-0.25, -0.2) is 4.68 Å². The lowest BCUT2D eigenvalue weighted by Crippen LogP contribution is -2.47. The number of nitrogens with two attached hydrogens (primary N) is 1. The largest absolute Gasteiger partial charge is 0.349 e. The Hall–Kier alpha value is -1.63. The van der Waals surface area contributed by atoms with Crippen LogP contribution in [-0.2, 0) is 6.54 Å². The van der Waals surface area contributed by atoms with E-state index in [1.165, 1.54) is 0 Å². The molecule has 1 aliphatic heterocycles. The number of anilines is 1. The van der Waals surface area contributed by atoms with Crippen molar-refractivity contribution in [1.29, 1.82) is 0 Å². The molecule has 0 spiro atoms. The van der Waals surface area contributed by atoms with Gasteiger partial charge in [0.15, 0.2) is 0 Å². The van der Waals surface area contributed by atoms with Gasteiger partial charge in [-0.1, -0.05) is 13.8 Å². The minimum absolute atomic E-state index is 0.0589. The maximum Gasteiger partial charge on any atom is 0.333 e. The van der Waals surface area contributed by atoms with E-state index >= 15 is 0 Å². The molecule has 2 unspecified atom stereocenters. The Balaban J connectivity index is 2.44. The number of aryl methyl sites for hydroxylation is 2. The van der Waals surface area contributed by atoms with E-state index in [0.29, 0.717) is 30.5 Å². The molecular weight excluding hydrogens is 258 g/mol. The van der Waals surface area contributed by atoms with Crippen molar-refractivity contribution in [2.75, 3.05) is 18.0 Å². The molecule has 2 atom stereocenters. The summed E-state index contributed by atoms with van der Waals surface area (Å²) in [5.74, 6) is 1.06. The Morgan fingerprint density at radius 3 is 2.75 bits per heavy atom.